The van der Waals surface area contributed by atoms with E-state index in [-0.39, 0.29) is 0 Å². The number of aromatic carboxylic acids is 1. The number of nitrogens with zero attached hydrogens (tertiary/aromatic N) is 1. The summed E-state index contributed by atoms with van der Waals surface area (Å²) in [6.45, 7) is 2.65. The molecule has 0 saturated heterocycles. The van der Waals surface area contributed by atoms with Gasteiger partial charge in [0.25, 0.3) is 0 Å². The third-order valence-corrected chi connectivity index (χ3v) is 5.20. The topological polar surface area (TPSA) is 42.2 Å². The van der Waals surface area contributed by atoms with Crippen LogP contribution in [0.25, 0.3) is 10.9 Å². The minimum atomic E-state index is -0.853. The summed E-state index contributed by atoms with van der Waals surface area (Å²) in [5.74, 6) is -0.117. The molecule has 22 heavy (non-hydrogen) atoms. The SMILES string of the molecule is Cc1c(C(=O)O)n(CCC2CCCCC2)c2ccc(Cl)cc12. The second kappa shape index (κ2) is 6.33. The predicted molar refractivity (Wildman–Crippen MR) is 89.8 cm³/mol. The van der Waals surface area contributed by atoms with E-state index in [1.165, 1.54) is 32.1 Å². The van der Waals surface area contributed by atoms with Gasteiger partial charge in [-0.15, -0.1) is 0 Å². The van der Waals surface area contributed by atoms with Gasteiger partial charge in [0.15, 0.2) is 0 Å². The molecule has 0 bridgehead atoms. The van der Waals surface area contributed by atoms with E-state index in [0.717, 1.165) is 35.3 Å². The van der Waals surface area contributed by atoms with E-state index in [9.17, 15) is 9.90 Å². The highest BCUT2D eigenvalue weighted by Gasteiger charge is 2.21. The average Bonchev–Trinajstić information content (AvgIpc) is 2.78. The molecule has 118 valence electrons. The van der Waals surface area contributed by atoms with Crippen molar-refractivity contribution in [1.82, 2.24) is 4.57 Å². The van der Waals surface area contributed by atoms with E-state index >= 15 is 0 Å². The van der Waals surface area contributed by atoms with Gasteiger partial charge in [-0.25, -0.2) is 4.79 Å². The molecule has 1 aliphatic carbocycles. The van der Waals surface area contributed by atoms with Crippen LogP contribution in [0.1, 0.15) is 54.6 Å². The molecule has 1 N–H and O–H groups in total. The van der Waals surface area contributed by atoms with Gasteiger partial charge >= 0.3 is 5.97 Å². The molecule has 0 amide bonds. The molecule has 1 fully saturated rings. The highest BCUT2D eigenvalue weighted by Crippen LogP contribution is 2.31. The van der Waals surface area contributed by atoms with E-state index < -0.39 is 5.97 Å². The zero-order valence-electron chi connectivity index (χ0n) is 12.9. The molecule has 3 nitrogen and oxygen atoms in total. The Morgan fingerprint density at radius 2 is 2.05 bits per heavy atom. The normalized spacial score (nSPS) is 16.3. The third-order valence-electron chi connectivity index (χ3n) is 4.97. The van der Waals surface area contributed by atoms with Gasteiger partial charge in [0.1, 0.15) is 5.69 Å². The molecule has 1 saturated carbocycles. The van der Waals surface area contributed by atoms with Crippen LogP contribution in [0.4, 0.5) is 0 Å². The first-order chi connectivity index (χ1) is 10.6. The Hall–Kier alpha value is -1.48. The standard InChI is InChI=1S/C18H22ClNO2/c1-12-15-11-14(19)7-8-16(15)20(17(12)18(21)22)10-9-13-5-3-2-4-6-13/h7-8,11,13H,2-6,9-10H2,1H3,(H,21,22). The van der Waals surface area contributed by atoms with Gasteiger partial charge in [0.05, 0.1) is 0 Å². The summed E-state index contributed by atoms with van der Waals surface area (Å²) in [5.41, 5.74) is 2.21. The minimum Gasteiger partial charge on any atom is -0.477 e. The van der Waals surface area contributed by atoms with Crippen LogP contribution in [0.5, 0.6) is 0 Å². The van der Waals surface area contributed by atoms with Gasteiger partial charge < -0.3 is 9.67 Å². The number of benzene rings is 1. The third kappa shape index (κ3) is 2.87. The van der Waals surface area contributed by atoms with Crippen molar-refractivity contribution >= 4 is 28.5 Å². The molecule has 2 aromatic rings. The van der Waals surface area contributed by atoms with Crippen LogP contribution in [-0.4, -0.2) is 15.6 Å². The first-order valence-electron chi connectivity index (χ1n) is 8.09. The number of rotatable bonds is 4. The molecule has 1 heterocycles. The second-order valence-corrected chi connectivity index (χ2v) is 6.82. The van der Waals surface area contributed by atoms with Gasteiger partial charge in [-0.1, -0.05) is 43.7 Å². The summed E-state index contributed by atoms with van der Waals surface area (Å²) in [6, 6.07) is 5.65. The fourth-order valence-corrected chi connectivity index (χ4v) is 3.96. The Morgan fingerprint density at radius 1 is 1.32 bits per heavy atom. The molecule has 4 heteroatoms. The number of carboxylic acids is 1. The second-order valence-electron chi connectivity index (χ2n) is 6.38. The van der Waals surface area contributed by atoms with Gasteiger partial charge in [-0.05, 0) is 43.0 Å². The number of fused-ring (bicyclic) bond motifs is 1. The summed E-state index contributed by atoms with van der Waals surface area (Å²) in [7, 11) is 0. The van der Waals surface area contributed by atoms with E-state index in [1.807, 2.05) is 29.7 Å². The van der Waals surface area contributed by atoms with Crippen LogP contribution in [0, 0.1) is 12.8 Å². The molecule has 0 spiro atoms. The van der Waals surface area contributed by atoms with Crippen LogP contribution in [0.15, 0.2) is 18.2 Å². The number of halogens is 1. The summed E-state index contributed by atoms with van der Waals surface area (Å²) in [5, 5.41) is 11.2. The van der Waals surface area contributed by atoms with E-state index in [1.54, 1.807) is 0 Å². The molecular weight excluding hydrogens is 298 g/mol. The molecule has 0 aliphatic heterocycles. The fraction of sp³-hybridized carbons (Fsp3) is 0.500. The molecule has 0 unspecified atom stereocenters. The number of aromatic nitrogens is 1. The van der Waals surface area contributed by atoms with Gasteiger partial charge in [0, 0.05) is 22.5 Å². The maximum absolute atomic E-state index is 11.7. The van der Waals surface area contributed by atoms with Crippen molar-refractivity contribution in [2.45, 2.75) is 52.0 Å². The van der Waals surface area contributed by atoms with Crippen LogP contribution >= 0.6 is 11.6 Å². The molecule has 0 atom stereocenters. The van der Waals surface area contributed by atoms with E-state index in [0.29, 0.717) is 10.7 Å². The smallest absolute Gasteiger partial charge is 0.352 e. The summed E-state index contributed by atoms with van der Waals surface area (Å²) < 4.78 is 1.97. The Balaban J connectivity index is 1.95. The molecule has 0 radical (unpaired) electrons. The van der Waals surface area contributed by atoms with Crippen molar-refractivity contribution in [2.24, 2.45) is 5.92 Å². The lowest BCUT2D eigenvalue weighted by atomic mass is 9.87. The van der Waals surface area contributed by atoms with Gasteiger partial charge in [-0.2, -0.15) is 0 Å². The van der Waals surface area contributed by atoms with Crippen molar-refractivity contribution in [2.75, 3.05) is 0 Å². The fourth-order valence-electron chi connectivity index (χ4n) is 3.79. The number of hydrogen-bond acceptors (Lipinski definition) is 1. The molecule has 1 aliphatic rings. The average molecular weight is 320 g/mol. The Kier molecular flexibility index (Phi) is 4.44. The zero-order valence-corrected chi connectivity index (χ0v) is 13.7. The molecular formula is C18H22ClNO2. The highest BCUT2D eigenvalue weighted by molar-refractivity contribution is 6.31. The summed E-state index contributed by atoms with van der Waals surface area (Å²) in [4.78, 5) is 11.7. The lowest BCUT2D eigenvalue weighted by Gasteiger charge is -2.22. The molecule has 3 rings (SSSR count). The quantitative estimate of drug-likeness (QED) is 0.834. The summed E-state index contributed by atoms with van der Waals surface area (Å²) in [6.07, 6.45) is 7.61. The van der Waals surface area contributed by atoms with E-state index in [2.05, 4.69) is 0 Å². The van der Waals surface area contributed by atoms with Crippen LogP contribution in [0.3, 0.4) is 0 Å². The monoisotopic (exact) mass is 319 g/mol. The number of hydrogen-bond donors (Lipinski definition) is 1. The molecule has 1 aromatic carbocycles. The van der Waals surface area contributed by atoms with Crippen molar-refractivity contribution < 1.29 is 9.90 Å². The van der Waals surface area contributed by atoms with Crippen molar-refractivity contribution in [1.29, 1.82) is 0 Å². The van der Waals surface area contributed by atoms with Crippen LogP contribution in [0.2, 0.25) is 5.02 Å². The number of carbonyl (C=O) groups is 1. The number of carboxylic acid groups (broad SMARTS) is 1. The maximum atomic E-state index is 11.7. The Bertz CT molecular complexity index is 699. The lowest BCUT2D eigenvalue weighted by molar-refractivity contribution is 0.0684. The lowest BCUT2D eigenvalue weighted by Crippen LogP contribution is -2.14. The Morgan fingerprint density at radius 3 is 2.73 bits per heavy atom. The first kappa shape index (κ1) is 15.4. The van der Waals surface area contributed by atoms with Gasteiger partial charge in [-0.3, -0.25) is 0 Å². The molecule has 1 aromatic heterocycles. The largest absolute Gasteiger partial charge is 0.477 e. The Labute approximate surface area is 135 Å². The summed E-state index contributed by atoms with van der Waals surface area (Å²) >= 11 is 6.07. The van der Waals surface area contributed by atoms with Crippen LogP contribution < -0.4 is 0 Å². The highest BCUT2D eigenvalue weighted by atomic mass is 35.5. The number of aryl methyl sites for hydroxylation is 2. The predicted octanol–water partition coefficient (Wildman–Crippen LogP) is 5.27. The maximum Gasteiger partial charge on any atom is 0.352 e. The van der Waals surface area contributed by atoms with Crippen molar-refractivity contribution in [3.63, 3.8) is 0 Å². The zero-order chi connectivity index (χ0) is 15.7. The van der Waals surface area contributed by atoms with Crippen molar-refractivity contribution in [3.8, 4) is 0 Å². The first-order valence-corrected chi connectivity index (χ1v) is 8.47. The van der Waals surface area contributed by atoms with Gasteiger partial charge in [0.2, 0.25) is 0 Å². The van der Waals surface area contributed by atoms with Crippen LogP contribution in [-0.2, 0) is 6.54 Å². The minimum absolute atomic E-state index is 0.410. The van der Waals surface area contributed by atoms with E-state index in [4.69, 9.17) is 11.6 Å². The van der Waals surface area contributed by atoms with Crippen molar-refractivity contribution in [3.05, 3.63) is 34.5 Å².